The number of hydrogen-bond acceptors (Lipinski definition) is 5. The molecule has 138 valence electrons. The van der Waals surface area contributed by atoms with Crippen LogP contribution < -0.4 is 9.47 Å². The van der Waals surface area contributed by atoms with Gasteiger partial charge in [-0.3, -0.25) is 14.9 Å². The van der Waals surface area contributed by atoms with E-state index in [2.05, 4.69) is 4.74 Å². The van der Waals surface area contributed by atoms with Crippen LogP contribution in [0.4, 0.5) is 14.5 Å². The molecule has 7 nitrogen and oxygen atoms in total. The van der Waals surface area contributed by atoms with Gasteiger partial charge in [-0.2, -0.15) is 8.78 Å². The minimum Gasteiger partial charge on any atom is -0.493 e. The maximum absolute atomic E-state index is 12.8. The van der Waals surface area contributed by atoms with Gasteiger partial charge < -0.3 is 14.4 Å². The van der Waals surface area contributed by atoms with E-state index in [0.29, 0.717) is 13.1 Å². The number of nitrogens with zero attached hydrogens (tertiary/aromatic N) is 2. The Morgan fingerprint density at radius 1 is 1.28 bits per heavy atom. The Kier molecular flexibility index (Phi) is 5.76. The largest absolute Gasteiger partial charge is 0.493 e. The highest BCUT2D eigenvalue weighted by Crippen LogP contribution is 2.37. The van der Waals surface area contributed by atoms with Crippen molar-refractivity contribution in [1.29, 1.82) is 0 Å². The molecule has 1 aliphatic heterocycles. The number of carbonyl (C=O) groups is 1. The number of likely N-dealkylation sites (tertiary alicyclic amines) is 1. The monoisotopic (exact) mass is 358 g/mol. The molecule has 1 aromatic carbocycles. The number of methoxy groups -OCH3 is 1. The Labute approximate surface area is 143 Å². The van der Waals surface area contributed by atoms with Crippen LogP contribution in [0.25, 0.3) is 0 Å². The molecule has 0 saturated carbocycles. The highest BCUT2D eigenvalue weighted by Gasteiger charge is 2.32. The van der Waals surface area contributed by atoms with Gasteiger partial charge in [0.05, 0.1) is 18.1 Å². The molecule has 1 aromatic rings. The molecule has 0 bridgehead atoms. The molecule has 1 fully saturated rings. The van der Waals surface area contributed by atoms with Crippen LogP contribution >= 0.6 is 0 Å². The Balaban J connectivity index is 2.44. The summed E-state index contributed by atoms with van der Waals surface area (Å²) in [7, 11) is 1.21. The molecule has 1 aliphatic rings. The normalized spacial score (nSPS) is 20.5. The van der Waals surface area contributed by atoms with Crippen molar-refractivity contribution < 1.29 is 28.0 Å². The Hall–Kier alpha value is -2.45. The third kappa shape index (κ3) is 4.34. The predicted molar refractivity (Wildman–Crippen MR) is 85.1 cm³/mol. The van der Waals surface area contributed by atoms with E-state index in [4.69, 9.17) is 4.74 Å². The quantitative estimate of drug-likeness (QED) is 0.596. The van der Waals surface area contributed by atoms with Gasteiger partial charge in [0.15, 0.2) is 11.5 Å². The molecule has 0 aromatic heterocycles. The highest BCUT2D eigenvalue weighted by molar-refractivity contribution is 5.99. The number of alkyl halides is 2. The summed E-state index contributed by atoms with van der Waals surface area (Å²) in [5.74, 6) is -0.620. The summed E-state index contributed by atoms with van der Waals surface area (Å²) in [4.78, 5) is 24.9. The number of rotatable bonds is 5. The van der Waals surface area contributed by atoms with Gasteiger partial charge in [-0.05, 0) is 18.3 Å². The van der Waals surface area contributed by atoms with Crippen molar-refractivity contribution in [2.45, 2.75) is 26.9 Å². The van der Waals surface area contributed by atoms with Crippen molar-refractivity contribution in [2.24, 2.45) is 11.8 Å². The van der Waals surface area contributed by atoms with Crippen LogP contribution in [0.1, 0.15) is 30.6 Å². The third-order valence-electron chi connectivity index (χ3n) is 4.08. The first-order valence-electron chi connectivity index (χ1n) is 7.83. The lowest BCUT2D eigenvalue weighted by atomic mass is 9.91. The average molecular weight is 358 g/mol. The second kappa shape index (κ2) is 7.62. The fourth-order valence-electron chi connectivity index (χ4n) is 3.22. The first-order valence-corrected chi connectivity index (χ1v) is 7.83. The summed E-state index contributed by atoms with van der Waals surface area (Å²) in [6.07, 6.45) is 0.969. The van der Waals surface area contributed by atoms with E-state index in [9.17, 15) is 23.7 Å². The number of piperidine rings is 1. The van der Waals surface area contributed by atoms with Gasteiger partial charge in [0.2, 0.25) is 0 Å². The van der Waals surface area contributed by atoms with Crippen molar-refractivity contribution >= 4 is 11.6 Å². The van der Waals surface area contributed by atoms with Crippen LogP contribution in [0.15, 0.2) is 12.1 Å². The molecule has 25 heavy (non-hydrogen) atoms. The first-order chi connectivity index (χ1) is 11.7. The van der Waals surface area contributed by atoms with E-state index in [0.717, 1.165) is 18.6 Å². The van der Waals surface area contributed by atoms with E-state index in [1.54, 1.807) is 4.90 Å². The second-order valence-corrected chi connectivity index (χ2v) is 6.31. The van der Waals surface area contributed by atoms with E-state index in [1.807, 2.05) is 13.8 Å². The zero-order valence-electron chi connectivity index (χ0n) is 14.2. The van der Waals surface area contributed by atoms with Gasteiger partial charge in [0.25, 0.3) is 11.6 Å². The van der Waals surface area contributed by atoms with Gasteiger partial charge in [-0.25, -0.2) is 0 Å². The topological polar surface area (TPSA) is 81.9 Å². The van der Waals surface area contributed by atoms with Gasteiger partial charge in [0.1, 0.15) is 5.56 Å². The first kappa shape index (κ1) is 18.9. The molecule has 0 spiro atoms. The van der Waals surface area contributed by atoms with E-state index in [1.165, 1.54) is 7.11 Å². The molecule has 2 rings (SSSR count). The van der Waals surface area contributed by atoms with Crippen molar-refractivity contribution in [1.82, 2.24) is 4.90 Å². The van der Waals surface area contributed by atoms with Crippen LogP contribution in [0.3, 0.4) is 0 Å². The van der Waals surface area contributed by atoms with Crippen LogP contribution in [0, 0.1) is 22.0 Å². The summed E-state index contributed by atoms with van der Waals surface area (Å²) in [6.45, 7) is 1.81. The lowest BCUT2D eigenvalue weighted by molar-refractivity contribution is -0.385. The SMILES string of the molecule is COc1cc(C(=O)N2CC(C)CC(C)C2)c([N+](=O)[O-])cc1OC(F)F. The van der Waals surface area contributed by atoms with Crippen LogP contribution in [-0.4, -0.2) is 42.5 Å². The van der Waals surface area contributed by atoms with E-state index >= 15 is 0 Å². The molecule has 2 unspecified atom stereocenters. The third-order valence-corrected chi connectivity index (χ3v) is 4.08. The molecule has 2 atom stereocenters. The number of benzene rings is 1. The zero-order chi connectivity index (χ0) is 18.7. The summed E-state index contributed by atoms with van der Waals surface area (Å²) in [5, 5.41) is 11.3. The van der Waals surface area contributed by atoms with Crippen LogP contribution in [0.2, 0.25) is 0 Å². The van der Waals surface area contributed by atoms with Crippen LogP contribution in [-0.2, 0) is 0 Å². The second-order valence-electron chi connectivity index (χ2n) is 6.31. The molecule has 0 N–H and O–H groups in total. The molecule has 1 heterocycles. The fourth-order valence-corrected chi connectivity index (χ4v) is 3.22. The summed E-state index contributed by atoms with van der Waals surface area (Å²) in [6, 6.07) is 1.89. The van der Waals surface area contributed by atoms with Gasteiger partial charge >= 0.3 is 6.61 Å². The lowest BCUT2D eigenvalue weighted by Crippen LogP contribution is -2.42. The number of nitro benzene ring substituents is 1. The minimum absolute atomic E-state index is 0.160. The lowest BCUT2D eigenvalue weighted by Gasteiger charge is -2.35. The highest BCUT2D eigenvalue weighted by atomic mass is 19.3. The van der Waals surface area contributed by atoms with E-state index in [-0.39, 0.29) is 23.1 Å². The van der Waals surface area contributed by atoms with Crippen molar-refractivity contribution in [3.8, 4) is 11.5 Å². The van der Waals surface area contributed by atoms with Gasteiger partial charge in [0, 0.05) is 19.2 Å². The number of amides is 1. The molecule has 9 heteroatoms. The molecule has 1 amide bonds. The number of hydrogen-bond donors (Lipinski definition) is 0. The molecule has 0 aliphatic carbocycles. The molecular formula is C16H20F2N2O5. The van der Waals surface area contributed by atoms with Crippen molar-refractivity contribution in [3.05, 3.63) is 27.8 Å². The standard InChI is InChI=1S/C16H20F2N2O5/c1-9-4-10(2)8-19(7-9)15(21)11-5-13(24-3)14(25-16(17)18)6-12(11)20(22)23/h5-6,9-10,16H,4,7-8H2,1-3H3. The maximum Gasteiger partial charge on any atom is 0.387 e. The minimum atomic E-state index is -3.17. The Morgan fingerprint density at radius 2 is 1.88 bits per heavy atom. The summed E-state index contributed by atoms with van der Waals surface area (Å²) in [5.41, 5.74) is -0.794. The Morgan fingerprint density at radius 3 is 2.36 bits per heavy atom. The molecule has 1 saturated heterocycles. The smallest absolute Gasteiger partial charge is 0.387 e. The van der Waals surface area contributed by atoms with E-state index < -0.39 is 28.9 Å². The summed E-state index contributed by atoms with van der Waals surface area (Å²) < 4.78 is 34.2. The van der Waals surface area contributed by atoms with Crippen molar-refractivity contribution in [3.63, 3.8) is 0 Å². The number of carbonyl (C=O) groups excluding carboxylic acids is 1. The number of ether oxygens (including phenoxy) is 2. The summed E-state index contributed by atoms with van der Waals surface area (Å²) >= 11 is 0. The fraction of sp³-hybridized carbons (Fsp3) is 0.562. The maximum atomic E-state index is 12.8. The van der Waals surface area contributed by atoms with Crippen molar-refractivity contribution in [2.75, 3.05) is 20.2 Å². The number of nitro groups is 1. The molecular weight excluding hydrogens is 338 g/mol. The number of halogens is 2. The van der Waals surface area contributed by atoms with Gasteiger partial charge in [-0.15, -0.1) is 0 Å². The predicted octanol–water partition coefficient (Wildman–Crippen LogP) is 3.32. The molecule has 0 radical (unpaired) electrons. The van der Waals surface area contributed by atoms with Crippen LogP contribution in [0.5, 0.6) is 11.5 Å². The van der Waals surface area contributed by atoms with Gasteiger partial charge in [-0.1, -0.05) is 13.8 Å². The average Bonchev–Trinajstić information content (AvgIpc) is 2.52. The Bertz CT molecular complexity index is 658. The zero-order valence-corrected chi connectivity index (χ0v) is 14.2.